The molecule has 0 radical (unpaired) electrons. The number of rotatable bonds is 3. The summed E-state index contributed by atoms with van der Waals surface area (Å²) in [5.41, 5.74) is 6.04. The molecule has 6 heteroatoms. The van der Waals surface area contributed by atoms with Crippen molar-refractivity contribution in [2.75, 3.05) is 5.73 Å². The summed E-state index contributed by atoms with van der Waals surface area (Å²) in [6.07, 6.45) is 2.61. The van der Waals surface area contributed by atoms with Crippen LogP contribution in [-0.4, -0.2) is 25.7 Å². The summed E-state index contributed by atoms with van der Waals surface area (Å²) in [6.45, 7) is 0. The quantitative estimate of drug-likeness (QED) is 0.710. The minimum absolute atomic E-state index is 0.175. The second-order valence-corrected chi connectivity index (χ2v) is 6.36. The van der Waals surface area contributed by atoms with Gasteiger partial charge in [0, 0.05) is 11.7 Å². The lowest BCUT2D eigenvalue weighted by Gasteiger charge is -2.28. The van der Waals surface area contributed by atoms with Gasteiger partial charge in [0.2, 0.25) is 10.0 Å². The van der Waals surface area contributed by atoms with E-state index < -0.39 is 16.1 Å². The van der Waals surface area contributed by atoms with Crippen molar-refractivity contribution in [2.24, 2.45) is 0 Å². The van der Waals surface area contributed by atoms with Crippen LogP contribution in [0.1, 0.15) is 25.7 Å². The molecular formula is C12H18N2O3S. The maximum Gasteiger partial charge on any atom is 0.240 e. The van der Waals surface area contributed by atoms with Gasteiger partial charge >= 0.3 is 0 Å². The summed E-state index contributed by atoms with van der Waals surface area (Å²) in [4.78, 5) is 0.175. The predicted octanol–water partition coefficient (Wildman–Crippen LogP) is 0.851. The molecule has 0 aromatic heterocycles. The summed E-state index contributed by atoms with van der Waals surface area (Å²) in [5, 5.41) is 9.78. The van der Waals surface area contributed by atoms with Gasteiger partial charge in [-0.15, -0.1) is 0 Å². The van der Waals surface area contributed by atoms with Crippen LogP contribution in [0.5, 0.6) is 0 Å². The van der Waals surface area contributed by atoms with Crippen molar-refractivity contribution >= 4 is 15.7 Å². The Balaban J connectivity index is 2.13. The monoisotopic (exact) mass is 270 g/mol. The van der Waals surface area contributed by atoms with E-state index in [0.717, 1.165) is 12.8 Å². The molecule has 0 saturated heterocycles. The van der Waals surface area contributed by atoms with Gasteiger partial charge in [-0.05, 0) is 37.1 Å². The van der Waals surface area contributed by atoms with Crippen molar-refractivity contribution in [3.8, 4) is 0 Å². The van der Waals surface area contributed by atoms with Crippen molar-refractivity contribution in [3.05, 3.63) is 24.3 Å². The molecule has 0 bridgehead atoms. The lowest BCUT2D eigenvalue weighted by atomic mass is 9.93. The second-order valence-electron chi connectivity index (χ2n) is 4.65. The molecule has 18 heavy (non-hydrogen) atoms. The number of hydrogen-bond acceptors (Lipinski definition) is 4. The number of nitrogen functional groups attached to an aromatic ring is 1. The lowest BCUT2D eigenvalue weighted by Crippen LogP contribution is -2.44. The van der Waals surface area contributed by atoms with Crippen LogP contribution in [0, 0.1) is 0 Å². The van der Waals surface area contributed by atoms with Crippen LogP contribution in [0.3, 0.4) is 0 Å². The van der Waals surface area contributed by atoms with Crippen LogP contribution in [-0.2, 0) is 10.0 Å². The van der Waals surface area contributed by atoms with E-state index in [1.807, 2.05) is 0 Å². The third-order valence-electron chi connectivity index (χ3n) is 3.23. The zero-order valence-corrected chi connectivity index (χ0v) is 10.9. The third kappa shape index (κ3) is 3.01. The molecule has 0 aliphatic heterocycles. The number of anilines is 1. The minimum atomic E-state index is -3.58. The van der Waals surface area contributed by atoms with E-state index in [2.05, 4.69) is 4.72 Å². The fourth-order valence-electron chi connectivity index (χ4n) is 2.16. The molecule has 1 fully saturated rings. The third-order valence-corrected chi connectivity index (χ3v) is 4.73. The van der Waals surface area contributed by atoms with Gasteiger partial charge in [-0.2, -0.15) is 0 Å². The average Bonchev–Trinajstić information content (AvgIpc) is 2.32. The zero-order valence-electron chi connectivity index (χ0n) is 10.0. The van der Waals surface area contributed by atoms with Gasteiger partial charge in [-0.3, -0.25) is 0 Å². The highest BCUT2D eigenvalue weighted by molar-refractivity contribution is 7.89. The molecular weight excluding hydrogens is 252 g/mol. The first-order valence-corrected chi connectivity index (χ1v) is 7.53. The molecule has 1 aromatic rings. The Labute approximate surface area is 107 Å². The molecule has 2 unspecified atom stereocenters. The van der Waals surface area contributed by atoms with Gasteiger partial charge < -0.3 is 10.8 Å². The van der Waals surface area contributed by atoms with Gasteiger partial charge in [0.15, 0.2) is 0 Å². The molecule has 1 aliphatic carbocycles. The summed E-state index contributed by atoms with van der Waals surface area (Å²) >= 11 is 0. The van der Waals surface area contributed by atoms with E-state index >= 15 is 0 Å². The van der Waals surface area contributed by atoms with Gasteiger partial charge in [-0.25, -0.2) is 13.1 Å². The molecule has 0 heterocycles. The largest absolute Gasteiger partial charge is 0.399 e. The van der Waals surface area contributed by atoms with Gasteiger partial charge in [-0.1, -0.05) is 12.8 Å². The topological polar surface area (TPSA) is 92.4 Å². The summed E-state index contributed by atoms with van der Waals surface area (Å²) in [6, 6.07) is 5.64. The van der Waals surface area contributed by atoms with Crippen LogP contribution in [0.15, 0.2) is 29.2 Å². The van der Waals surface area contributed by atoms with Crippen LogP contribution in [0.2, 0.25) is 0 Å². The van der Waals surface area contributed by atoms with Crippen molar-refractivity contribution in [1.82, 2.24) is 4.72 Å². The maximum atomic E-state index is 12.1. The highest BCUT2D eigenvalue weighted by Crippen LogP contribution is 2.21. The van der Waals surface area contributed by atoms with E-state index in [-0.39, 0.29) is 10.9 Å². The Hall–Kier alpha value is -1.11. The smallest absolute Gasteiger partial charge is 0.240 e. The number of nitrogens with two attached hydrogens (primary N) is 1. The first-order valence-electron chi connectivity index (χ1n) is 6.05. The van der Waals surface area contributed by atoms with Crippen LogP contribution >= 0.6 is 0 Å². The number of sulfonamides is 1. The molecule has 2 rings (SSSR count). The molecule has 1 aromatic carbocycles. The Morgan fingerprint density at radius 2 is 1.78 bits per heavy atom. The Morgan fingerprint density at radius 1 is 1.17 bits per heavy atom. The standard InChI is InChI=1S/C12H18N2O3S/c13-9-5-7-10(8-6-9)18(16,17)14-11-3-1-2-4-12(11)15/h5-8,11-12,14-15H,1-4,13H2. The fraction of sp³-hybridized carbons (Fsp3) is 0.500. The predicted molar refractivity (Wildman–Crippen MR) is 69.4 cm³/mol. The maximum absolute atomic E-state index is 12.1. The Kier molecular flexibility index (Phi) is 3.89. The number of hydrogen-bond donors (Lipinski definition) is 3. The number of aliphatic hydroxyl groups excluding tert-OH is 1. The summed E-state index contributed by atoms with van der Waals surface area (Å²) < 4.78 is 26.8. The van der Waals surface area contributed by atoms with Crippen molar-refractivity contribution < 1.29 is 13.5 Å². The number of benzene rings is 1. The van der Waals surface area contributed by atoms with Gasteiger partial charge in [0.25, 0.3) is 0 Å². The highest BCUT2D eigenvalue weighted by Gasteiger charge is 2.27. The summed E-state index contributed by atoms with van der Waals surface area (Å²) in [7, 11) is -3.58. The molecule has 1 aliphatic rings. The number of aliphatic hydroxyl groups is 1. The highest BCUT2D eigenvalue weighted by atomic mass is 32.2. The van der Waals surface area contributed by atoms with Crippen molar-refractivity contribution in [1.29, 1.82) is 0 Å². The van der Waals surface area contributed by atoms with Crippen molar-refractivity contribution in [3.63, 3.8) is 0 Å². The zero-order chi connectivity index (χ0) is 13.2. The van der Waals surface area contributed by atoms with E-state index in [1.54, 1.807) is 12.1 Å². The van der Waals surface area contributed by atoms with Gasteiger partial charge in [0.05, 0.1) is 11.0 Å². The van der Waals surface area contributed by atoms with E-state index in [4.69, 9.17) is 5.73 Å². The van der Waals surface area contributed by atoms with E-state index in [1.165, 1.54) is 12.1 Å². The average molecular weight is 270 g/mol. The van der Waals surface area contributed by atoms with Crippen molar-refractivity contribution in [2.45, 2.75) is 42.7 Å². The minimum Gasteiger partial charge on any atom is -0.399 e. The molecule has 4 N–H and O–H groups in total. The van der Waals surface area contributed by atoms with Crippen LogP contribution in [0.25, 0.3) is 0 Å². The fourth-order valence-corrected chi connectivity index (χ4v) is 3.47. The van der Waals surface area contributed by atoms with E-state index in [9.17, 15) is 13.5 Å². The molecule has 0 spiro atoms. The molecule has 2 atom stereocenters. The van der Waals surface area contributed by atoms with E-state index in [0.29, 0.717) is 18.5 Å². The lowest BCUT2D eigenvalue weighted by molar-refractivity contribution is 0.101. The summed E-state index contributed by atoms with van der Waals surface area (Å²) in [5.74, 6) is 0. The Bertz CT molecular complexity index is 499. The Morgan fingerprint density at radius 3 is 2.39 bits per heavy atom. The second kappa shape index (κ2) is 5.26. The molecule has 1 saturated carbocycles. The first kappa shape index (κ1) is 13.3. The molecule has 0 amide bonds. The van der Waals surface area contributed by atoms with Crippen LogP contribution in [0.4, 0.5) is 5.69 Å². The molecule has 100 valence electrons. The van der Waals surface area contributed by atoms with Gasteiger partial charge in [0.1, 0.15) is 0 Å². The normalized spacial score (nSPS) is 24.9. The van der Waals surface area contributed by atoms with Crippen LogP contribution < -0.4 is 10.5 Å². The number of nitrogens with one attached hydrogen (secondary N) is 1. The molecule has 5 nitrogen and oxygen atoms in total. The SMILES string of the molecule is Nc1ccc(S(=O)(=O)NC2CCCCC2O)cc1. The first-order chi connectivity index (χ1) is 8.49.